The molecule has 0 saturated carbocycles. The lowest BCUT2D eigenvalue weighted by molar-refractivity contribution is -0.139. The first-order chi connectivity index (χ1) is 7.13. The van der Waals surface area contributed by atoms with Crippen molar-refractivity contribution in [1.82, 2.24) is 4.98 Å². The number of carbonyl (C=O) groups is 1. The molecule has 1 heterocycles. The Balaban J connectivity index is 2.76. The van der Waals surface area contributed by atoms with E-state index in [0.29, 0.717) is 0 Å². The minimum atomic E-state index is -0.993. The molecule has 0 spiro atoms. The van der Waals surface area contributed by atoms with E-state index in [9.17, 15) is 13.6 Å². The highest BCUT2D eigenvalue weighted by atomic mass is 19.1. The molecule has 0 bridgehead atoms. The predicted octanol–water partition coefficient (Wildman–Crippen LogP) is 1.27. The summed E-state index contributed by atoms with van der Waals surface area (Å²) in [6, 6.07) is 2.15. The van der Waals surface area contributed by atoms with E-state index in [-0.39, 0.29) is 12.0 Å². The quantitative estimate of drug-likeness (QED) is 0.399. The molecule has 0 aliphatic rings. The van der Waals surface area contributed by atoms with E-state index in [1.165, 1.54) is 7.11 Å². The second-order valence-corrected chi connectivity index (χ2v) is 2.53. The van der Waals surface area contributed by atoms with Crippen molar-refractivity contribution in [3.05, 3.63) is 29.6 Å². The van der Waals surface area contributed by atoms with Crippen LogP contribution in [0.4, 0.5) is 8.78 Å². The maximum absolute atomic E-state index is 12.9. The maximum atomic E-state index is 12.9. The Labute approximate surface area is 85.1 Å². The van der Waals surface area contributed by atoms with Crippen molar-refractivity contribution >= 4 is 5.97 Å². The van der Waals surface area contributed by atoms with Gasteiger partial charge in [0.05, 0.1) is 12.7 Å². The Morgan fingerprint density at radius 1 is 1.53 bits per heavy atom. The minimum Gasteiger partial charge on any atom is -0.468 e. The number of aromatic nitrogens is 1. The second kappa shape index (κ2) is 5.05. The summed E-state index contributed by atoms with van der Waals surface area (Å²) in [7, 11) is 1.23. The average molecular weight is 211 g/mol. The first kappa shape index (κ1) is 11.1. The van der Waals surface area contributed by atoms with E-state index in [0.717, 1.165) is 12.1 Å². The molecule has 0 amide bonds. The van der Waals surface area contributed by atoms with Gasteiger partial charge in [-0.1, -0.05) is 11.8 Å². The summed E-state index contributed by atoms with van der Waals surface area (Å²) in [6.07, 6.45) is -0.146. The zero-order valence-electron chi connectivity index (χ0n) is 7.88. The molecular formula is C10H7F2NO2. The average Bonchev–Trinajstić information content (AvgIpc) is 2.21. The van der Waals surface area contributed by atoms with Gasteiger partial charge in [-0.3, -0.25) is 4.79 Å². The molecule has 0 N–H and O–H groups in total. The Morgan fingerprint density at radius 2 is 2.27 bits per heavy atom. The number of nitrogens with zero attached hydrogens (tertiary/aromatic N) is 1. The van der Waals surface area contributed by atoms with E-state index in [1.54, 1.807) is 0 Å². The van der Waals surface area contributed by atoms with Crippen LogP contribution in [-0.2, 0) is 9.53 Å². The van der Waals surface area contributed by atoms with Gasteiger partial charge in [0, 0.05) is 0 Å². The van der Waals surface area contributed by atoms with Crippen molar-refractivity contribution in [1.29, 1.82) is 0 Å². The van der Waals surface area contributed by atoms with Crippen LogP contribution in [0.25, 0.3) is 0 Å². The molecule has 1 aromatic heterocycles. The van der Waals surface area contributed by atoms with Gasteiger partial charge in [0.2, 0.25) is 11.9 Å². The summed E-state index contributed by atoms with van der Waals surface area (Å²) in [5, 5.41) is 0. The summed E-state index contributed by atoms with van der Waals surface area (Å²) < 4.78 is 29.6. The highest BCUT2D eigenvalue weighted by molar-refractivity contribution is 5.72. The number of carbonyl (C=O) groups excluding carboxylic acids is 1. The van der Waals surface area contributed by atoms with Gasteiger partial charge < -0.3 is 4.74 Å². The van der Waals surface area contributed by atoms with E-state index >= 15 is 0 Å². The summed E-state index contributed by atoms with van der Waals surface area (Å²) in [5.74, 6) is 2.32. The van der Waals surface area contributed by atoms with Crippen LogP contribution in [0.1, 0.15) is 12.0 Å². The topological polar surface area (TPSA) is 39.2 Å². The lowest BCUT2D eigenvalue weighted by Gasteiger charge is -1.92. The van der Waals surface area contributed by atoms with E-state index in [2.05, 4.69) is 21.6 Å². The normalized spacial score (nSPS) is 9.00. The lowest BCUT2D eigenvalue weighted by atomic mass is 10.2. The Hall–Kier alpha value is -1.96. The third-order valence-corrected chi connectivity index (χ3v) is 1.50. The maximum Gasteiger partial charge on any atom is 0.317 e. The molecule has 0 atom stereocenters. The van der Waals surface area contributed by atoms with Crippen molar-refractivity contribution in [2.45, 2.75) is 6.42 Å². The molecule has 0 aliphatic carbocycles. The third kappa shape index (κ3) is 3.35. The molecule has 0 aromatic carbocycles. The minimum absolute atomic E-state index is 0.0553. The number of hydrogen-bond acceptors (Lipinski definition) is 3. The van der Waals surface area contributed by atoms with Crippen LogP contribution < -0.4 is 0 Å². The van der Waals surface area contributed by atoms with Gasteiger partial charge in [0.15, 0.2) is 0 Å². The molecule has 5 heteroatoms. The monoisotopic (exact) mass is 211 g/mol. The lowest BCUT2D eigenvalue weighted by Crippen LogP contribution is -1.97. The van der Waals surface area contributed by atoms with Crippen LogP contribution in [-0.4, -0.2) is 18.1 Å². The van der Waals surface area contributed by atoms with Gasteiger partial charge in [-0.15, -0.1) is 0 Å². The highest BCUT2D eigenvalue weighted by Crippen LogP contribution is 2.03. The van der Waals surface area contributed by atoms with Crippen molar-refractivity contribution in [3.63, 3.8) is 0 Å². The molecule has 0 unspecified atom stereocenters. The first-order valence-corrected chi connectivity index (χ1v) is 4.01. The zero-order chi connectivity index (χ0) is 11.3. The van der Waals surface area contributed by atoms with Gasteiger partial charge in [-0.2, -0.15) is 13.8 Å². The highest BCUT2D eigenvalue weighted by Gasteiger charge is 2.02. The van der Waals surface area contributed by atoms with Crippen molar-refractivity contribution < 1.29 is 18.3 Å². The van der Waals surface area contributed by atoms with Crippen LogP contribution >= 0.6 is 0 Å². The van der Waals surface area contributed by atoms with Gasteiger partial charge in [0.1, 0.15) is 6.42 Å². The second-order valence-electron chi connectivity index (χ2n) is 2.53. The van der Waals surface area contributed by atoms with Crippen LogP contribution in [0, 0.1) is 23.7 Å². The molecule has 3 nitrogen and oxygen atoms in total. The Bertz CT molecular complexity index is 435. The fourth-order valence-corrected chi connectivity index (χ4v) is 0.789. The van der Waals surface area contributed by atoms with Crippen molar-refractivity contribution in [3.8, 4) is 11.8 Å². The number of esters is 1. The Morgan fingerprint density at radius 3 is 2.87 bits per heavy atom. The number of pyridine rings is 1. The smallest absolute Gasteiger partial charge is 0.317 e. The summed E-state index contributed by atoms with van der Waals surface area (Å²) in [4.78, 5) is 13.6. The fourth-order valence-electron chi connectivity index (χ4n) is 0.789. The molecule has 78 valence electrons. The number of rotatable bonds is 1. The van der Waals surface area contributed by atoms with Crippen LogP contribution in [0.2, 0.25) is 0 Å². The van der Waals surface area contributed by atoms with Crippen LogP contribution in [0.5, 0.6) is 0 Å². The van der Waals surface area contributed by atoms with Gasteiger partial charge >= 0.3 is 5.97 Å². The molecular weight excluding hydrogens is 204 g/mol. The number of ether oxygens (including phenoxy) is 1. The van der Waals surface area contributed by atoms with E-state index in [4.69, 9.17) is 0 Å². The number of methoxy groups -OCH3 is 1. The number of hydrogen-bond donors (Lipinski definition) is 0. The van der Waals surface area contributed by atoms with E-state index in [1.807, 2.05) is 0 Å². The molecule has 0 saturated heterocycles. The molecule has 0 radical (unpaired) electrons. The number of halogens is 2. The molecule has 15 heavy (non-hydrogen) atoms. The van der Waals surface area contributed by atoms with Gasteiger partial charge in [0.25, 0.3) is 0 Å². The first-order valence-electron chi connectivity index (χ1n) is 4.01. The molecule has 1 aromatic rings. The molecule has 0 fully saturated rings. The van der Waals surface area contributed by atoms with Gasteiger partial charge in [-0.05, 0) is 12.1 Å². The van der Waals surface area contributed by atoms with Gasteiger partial charge in [-0.25, -0.2) is 0 Å². The van der Waals surface area contributed by atoms with E-state index < -0.39 is 17.9 Å². The molecule has 1 rings (SSSR count). The van der Waals surface area contributed by atoms with Crippen LogP contribution in [0.15, 0.2) is 12.1 Å². The molecule has 0 aliphatic heterocycles. The summed E-state index contributed by atoms with van der Waals surface area (Å²) >= 11 is 0. The van der Waals surface area contributed by atoms with Crippen LogP contribution in [0.3, 0.4) is 0 Å². The summed E-state index contributed by atoms with van der Waals surface area (Å²) in [5.41, 5.74) is -0.0553. The largest absolute Gasteiger partial charge is 0.468 e. The Kier molecular flexibility index (Phi) is 3.75. The third-order valence-electron chi connectivity index (χ3n) is 1.50. The summed E-state index contributed by atoms with van der Waals surface area (Å²) in [6.45, 7) is 0. The SMILES string of the molecule is COC(=O)CC#Cc1ccc(F)nc1F. The fraction of sp³-hybridized carbons (Fsp3) is 0.200. The predicted molar refractivity (Wildman–Crippen MR) is 47.7 cm³/mol. The van der Waals surface area contributed by atoms with Crippen molar-refractivity contribution in [2.24, 2.45) is 0 Å². The zero-order valence-corrected chi connectivity index (χ0v) is 7.88. The standard InChI is InChI=1S/C10H7F2NO2/c1-15-9(14)4-2-3-7-5-6-8(11)13-10(7)12/h5-6H,4H2,1H3. The van der Waals surface area contributed by atoms with Crippen molar-refractivity contribution in [2.75, 3.05) is 7.11 Å².